The Labute approximate surface area is 84.6 Å². The highest BCUT2D eigenvalue weighted by molar-refractivity contribution is 7.90. The molecule has 0 radical (unpaired) electrons. The fourth-order valence-corrected chi connectivity index (χ4v) is 2.00. The minimum atomic E-state index is -3.41. The van der Waals surface area contributed by atoms with Crippen molar-refractivity contribution in [3.05, 3.63) is 0 Å². The van der Waals surface area contributed by atoms with E-state index in [1.165, 1.54) is 0 Å². The van der Waals surface area contributed by atoms with Gasteiger partial charge in [-0.25, -0.2) is 13.1 Å². The van der Waals surface area contributed by atoms with Crippen LogP contribution in [0.3, 0.4) is 0 Å². The highest BCUT2D eigenvalue weighted by Crippen LogP contribution is 2.11. The van der Waals surface area contributed by atoms with Crippen molar-refractivity contribution in [3.63, 3.8) is 0 Å². The summed E-state index contributed by atoms with van der Waals surface area (Å²) in [4.78, 5) is 10.4. The molecule has 0 spiro atoms. The number of hydrogen-bond acceptors (Lipinski definition) is 3. The second-order valence-corrected chi connectivity index (χ2v) is 6.39. The van der Waals surface area contributed by atoms with Crippen LogP contribution in [-0.4, -0.2) is 30.3 Å². The zero-order valence-electron chi connectivity index (χ0n) is 8.86. The van der Waals surface area contributed by atoms with Gasteiger partial charge in [0.05, 0.1) is 11.7 Å². The van der Waals surface area contributed by atoms with Crippen LogP contribution >= 0.6 is 0 Å². The van der Waals surface area contributed by atoms with Crippen molar-refractivity contribution in [2.45, 2.75) is 44.9 Å². The molecule has 0 atom stereocenters. The Kier molecular flexibility index (Phi) is 4.08. The van der Waals surface area contributed by atoms with Gasteiger partial charge < -0.3 is 5.11 Å². The minimum absolute atomic E-state index is 0.237. The predicted molar refractivity (Wildman–Crippen MR) is 53.5 cm³/mol. The van der Waals surface area contributed by atoms with E-state index < -0.39 is 26.8 Å². The van der Waals surface area contributed by atoms with Crippen LogP contribution in [0.5, 0.6) is 0 Å². The maximum atomic E-state index is 11.4. The van der Waals surface area contributed by atoms with E-state index in [2.05, 4.69) is 4.72 Å². The average molecular weight is 223 g/mol. The lowest BCUT2D eigenvalue weighted by Gasteiger charge is -2.25. The lowest BCUT2D eigenvalue weighted by atomic mass is 10.0. The molecule has 0 fully saturated rings. The zero-order valence-corrected chi connectivity index (χ0v) is 9.68. The summed E-state index contributed by atoms with van der Waals surface area (Å²) >= 11 is 0. The van der Waals surface area contributed by atoms with Crippen molar-refractivity contribution in [3.8, 4) is 0 Å². The summed E-state index contributed by atoms with van der Waals surface area (Å²) < 4.78 is 25.2. The molecule has 0 unspecified atom stereocenters. The quantitative estimate of drug-likeness (QED) is 0.713. The standard InChI is InChI=1S/C8H17NO4S/c1-6(2)14(12,13)9-8(3,4)5-7(10)11/h6,9H,5H2,1-4H3,(H,10,11). The van der Waals surface area contributed by atoms with E-state index in [4.69, 9.17) is 5.11 Å². The second kappa shape index (κ2) is 4.27. The van der Waals surface area contributed by atoms with Gasteiger partial charge in [-0.1, -0.05) is 0 Å². The third kappa shape index (κ3) is 4.57. The molecule has 0 aromatic carbocycles. The van der Waals surface area contributed by atoms with E-state index in [9.17, 15) is 13.2 Å². The van der Waals surface area contributed by atoms with E-state index in [-0.39, 0.29) is 6.42 Å². The van der Waals surface area contributed by atoms with Gasteiger partial charge in [-0.2, -0.15) is 0 Å². The van der Waals surface area contributed by atoms with E-state index in [0.29, 0.717) is 0 Å². The number of sulfonamides is 1. The Balaban J connectivity index is 4.59. The Morgan fingerprint density at radius 2 is 1.86 bits per heavy atom. The predicted octanol–water partition coefficient (Wildman–Crippen LogP) is 0.567. The largest absolute Gasteiger partial charge is 0.481 e. The normalized spacial score (nSPS) is 13.2. The Morgan fingerprint density at radius 3 is 2.14 bits per heavy atom. The Morgan fingerprint density at radius 1 is 1.43 bits per heavy atom. The number of rotatable bonds is 5. The fraction of sp³-hybridized carbons (Fsp3) is 0.875. The first kappa shape index (κ1) is 13.4. The van der Waals surface area contributed by atoms with Gasteiger partial charge in [0.15, 0.2) is 0 Å². The first-order chi connectivity index (χ1) is 6.07. The van der Waals surface area contributed by atoms with Crippen molar-refractivity contribution in [2.24, 2.45) is 0 Å². The van der Waals surface area contributed by atoms with Crippen LogP contribution < -0.4 is 4.72 Å². The SMILES string of the molecule is CC(C)S(=O)(=O)NC(C)(C)CC(=O)O. The molecule has 5 nitrogen and oxygen atoms in total. The van der Waals surface area contributed by atoms with Gasteiger partial charge in [0, 0.05) is 5.54 Å². The molecular weight excluding hydrogens is 206 g/mol. The first-order valence-corrected chi connectivity index (χ1v) is 5.86. The summed E-state index contributed by atoms with van der Waals surface area (Å²) in [6.45, 7) is 6.17. The summed E-state index contributed by atoms with van der Waals surface area (Å²) in [6.07, 6.45) is -0.237. The summed E-state index contributed by atoms with van der Waals surface area (Å²) in [5, 5.41) is 7.99. The number of aliphatic carboxylic acids is 1. The molecule has 84 valence electrons. The summed E-state index contributed by atoms with van der Waals surface area (Å²) in [5.41, 5.74) is -0.949. The van der Waals surface area contributed by atoms with Gasteiger partial charge in [0.1, 0.15) is 0 Å². The lowest BCUT2D eigenvalue weighted by molar-refractivity contribution is -0.138. The van der Waals surface area contributed by atoms with Crippen LogP contribution in [-0.2, 0) is 14.8 Å². The number of nitrogens with one attached hydrogen (secondary N) is 1. The molecule has 0 heterocycles. The van der Waals surface area contributed by atoms with Crippen molar-refractivity contribution in [1.29, 1.82) is 0 Å². The first-order valence-electron chi connectivity index (χ1n) is 4.31. The average Bonchev–Trinajstić information content (AvgIpc) is 1.79. The maximum Gasteiger partial charge on any atom is 0.305 e. The van der Waals surface area contributed by atoms with Crippen LogP contribution in [0, 0.1) is 0 Å². The molecule has 0 aliphatic carbocycles. The molecule has 0 amide bonds. The molecule has 0 aromatic heterocycles. The maximum absolute atomic E-state index is 11.4. The zero-order chi connectivity index (χ0) is 11.6. The van der Waals surface area contributed by atoms with Gasteiger partial charge in [-0.15, -0.1) is 0 Å². The molecule has 0 aromatic rings. The summed E-state index contributed by atoms with van der Waals surface area (Å²) in [5.74, 6) is -1.03. The fourth-order valence-electron chi connectivity index (χ4n) is 0.917. The lowest BCUT2D eigenvalue weighted by Crippen LogP contribution is -2.47. The van der Waals surface area contributed by atoms with E-state index >= 15 is 0 Å². The van der Waals surface area contributed by atoms with Crippen molar-refractivity contribution < 1.29 is 18.3 Å². The molecule has 6 heteroatoms. The molecule has 0 saturated heterocycles. The van der Waals surface area contributed by atoms with Gasteiger partial charge in [0.2, 0.25) is 10.0 Å². The molecule has 0 rings (SSSR count). The second-order valence-electron chi connectivity index (χ2n) is 4.15. The van der Waals surface area contributed by atoms with Crippen LogP contribution in [0.1, 0.15) is 34.1 Å². The van der Waals surface area contributed by atoms with Gasteiger partial charge in [0.25, 0.3) is 0 Å². The third-order valence-corrected chi connectivity index (χ3v) is 3.71. The summed E-state index contributed by atoms with van der Waals surface area (Å²) in [6, 6.07) is 0. The minimum Gasteiger partial charge on any atom is -0.481 e. The molecular formula is C8H17NO4S. The van der Waals surface area contributed by atoms with E-state index in [1.54, 1.807) is 27.7 Å². The third-order valence-electron chi connectivity index (χ3n) is 1.63. The van der Waals surface area contributed by atoms with Crippen LogP contribution in [0.4, 0.5) is 0 Å². The molecule has 0 saturated carbocycles. The summed E-state index contributed by atoms with van der Waals surface area (Å²) in [7, 11) is -3.41. The van der Waals surface area contributed by atoms with Crippen LogP contribution in [0.2, 0.25) is 0 Å². The smallest absolute Gasteiger partial charge is 0.305 e. The van der Waals surface area contributed by atoms with Gasteiger partial charge in [-0.3, -0.25) is 4.79 Å². The molecule has 14 heavy (non-hydrogen) atoms. The molecule has 0 aliphatic heterocycles. The Bertz CT molecular complexity index is 305. The van der Waals surface area contributed by atoms with Crippen LogP contribution in [0.25, 0.3) is 0 Å². The van der Waals surface area contributed by atoms with Crippen molar-refractivity contribution in [2.75, 3.05) is 0 Å². The Hall–Kier alpha value is -0.620. The van der Waals surface area contributed by atoms with Crippen LogP contribution in [0.15, 0.2) is 0 Å². The number of carboxylic acid groups (broad SMARTS) is 1. The van der Waals surface area contributed by atoms with Gasteiger partial charge in [-0.05, 0) is 27.7 Å². The van der Waals surface area contributed by atoms with E-state index in [1.807, 2.05) is 0 Å². The molecule has 0 aliphatic rings. The highest BCUT2D eigenvalue weighted by Gasteiger charge is 2.28. The van der Waals surface area contributed by atoms with Crippen molar-refractivity contribution >= 4 is 16.0 Å². The number of carboxylic acids is 1. The topological polar surface area (TPSA) is 83.5 Å². The number of carbonyl (C=O) groups is 1. The molecule has 0 bridgehead atoms. The molecule has 2 N–H and O–H groups in total. The van der Waals surface area contributed by atoms with Gasteiger partial charge >= 0.3 is 5.97 Å². The highest BCUT2D eigenvalue weighted by atomic mass is 32.2. The van der Waals surface area contributed by atoms with Crippen molar-refractivity contribution in [1.82, 2.24) is 4.72 Å². The number of hydrogen-bond donors (Lipinski definition) is 2. The van der Waals surface area contributed by atoms with E-state index in [0.717, 1.165) is 0 Å². The monoisotopic (exact) mass is 223 g/mol.